The largest absolute Gasteiger partial charge is 0.462 e. The molecule has 0 unspecified atom stereocenters. The Morgan fingerprint density at radius 1 is 1.03 bits per heavy atom. The number of nitrogens with zero attached hydrogens (tertiary/aromatic N) is 1. The van der Waals surface area contributed by atoms with Crippen LogP contribution in [0.25, 0.3) is 0 Å². The predicted molar refractivity (Wildman–Crippen MR) is 140 cm³/mol. The second-order valence-electron chi connectivity index (χ2n) is 7.49. The quantitative estimate of drug-likeness (QED) is 0.294. The number of carbonyl (C=O) groups excluding carboxylic acids is 2. The van der Waals surface area contributed by atoms with Crippen LogP contribution in [0.1, 0.15) is 22.8 Å². The van der Waals surface area contributed by atoms with Gasteiger partial charge in [0, 0.05) is 4.90 Å². The topological polar surface area (TPSA) is 92.8 Å². The molecule has 0 radical (unpaired) electrons. The molecule has 0 saturated carbocycles. The minimum absolute atomic E-state index is 0.0699. The SMILES string of the molecule is CCOC(=O)c1ccc(NC(=O)CN(c2ccc(C)cc2)S(=O)(=O)c2ccc(SC)cc2)c(Cl)c1. The van der Waals surface area contributed by atoms with Crippen LogP contribution in [0, 0.1) is 6.92 Å². The van der Waals surface area contributed by atoms with Crippen molar-refractivity contribution < 1.29 is 22.7 Å². The van der Waals surface area contributed by atoms with Gasteiger partial charge in [-0.3, -0.25) is 9.10 Å². The van der Waals surface area contributed by atoms with Crippen LogP contribution in [0.2, 0.25) is 5.02 Å². The highest BCUT2D eigenvalue weighted by atomic mass is 35.5. The fraction of sp³-hybridized carbons (Fsp3) is 0.200. The van der Waals surface area contributed by atoms with E-state index in [2.05, 4.69) is 5.32 Å². The molecule has 3 rings (SSSR count). The van der Waals surface area contributed by atoms with Gasteiger partial charge in [-0.05, 0) is 74.7 Å². The van der Waals surface area contributed by atoms with Crippen LogP contribution in [0.15, 0.2) is 76.5 Å². The van der Waals surface area contributed by atoms with E-state index in [1.165, 1.54) is 42.1 Å². The van der Waals surface area contributed by atoms with Crippen molar-refractivity contribution in [3.8, 4) is 0 Å². The number of halogens is 1. The minimum Gasteiger partial charge on any atom is -0.462 e. The lowest BCUT2D eigenvalue weighted by Crippen LogP contribution is -2.38. The lowest BCUT2D eigenvalue weighted by Gasteiger charge is -2.24. The maximum atomic E-state index is 13.5. The lowest BCUT2D eigenvalue weighted by molar-refractivity contribution is -0.114. The van der Waals surface area contributed by atoms with E-state index in [1.807, 2.05) is 13.2 Å². The summed E-state index contributed by atoms with van der Waals surface area (Å²) in [5.74, 6) is -1.13. The van der Waals surface area contributed by atoms with Crippen molar-refractivity contribution in [1.29, 1.82) is 0 Å². The third-order valence-electron chi connectivity index (χ3n) is 5.01. The van der Waals surface area contributed by atoms with Crippen molar-refractivity contribution in [2.24, 2.45) is 0 Å². The summed E-state index contributed by atoms with van der Waals surface area (Å²) >= 11 is 7.75. The summed E-state index contributed by atoms with van der Waals surface area (Å²) in [5, 5.41) is 2.76. The zero-order valence-corrected chi connectivity index (χ0v) is 21.8. The number of aryl methyl sites for hydroxylation is 1. The number of anilines is 2. The zero-order chi connectivity index (χ0) is 25.6. The zero-order valence-electron chi connectivity index (χ0n) is 19.4. The Morgan fingerprint density at radius 2 is 1.69 bits per heavy atom. The Labute approximate surface area is 214 Å². The Balaban J connectivity index is 1.88. The number of carbonyl (C=O) groups is 2. The van der Waals surface area contributed by atoms with Gasteiger partial charge in [0.25, 0.3) is 10.0 Å². The van der Waals surface area contributed by atoms with Gasteiger partial charge in [0.15, 0.2) is 0 Å². The molecular formula is C25H25ClN2O5S2. The van der Waals surface area contributed by atoms with Crippen LogP contribution >= 0.6 is 23.4 Å². The van der Waals surface area contributed by atoms with Gasteiger partial charge in [0.1, 0.15) is 6.54 Å². The highest BCUT2D eigenvalue weighted by Gasteiger charge is 2.27. The number of benzene rings is 3. The minimum atomic E-state index is -4.04. The van der Waals surface area contributed by atoms with E-state index in [0.717, 1.165) is 14.8 Å². The Hall–Kier alpha value is -3.01. The standard InChI is InChI=1S/C25H25ClN2O5S2/c1-4-33-25(30)18-7-14-23(22(26)15-18)27-24(29)16-28(19-8-5-17(2)6-9-19)35(31,32)21-12-10-20(34-3)11-13-21/h5-15H,4,16H2,1-3H3,(H,27,29). The highest BCUT2D eigenvalue weighted by Crippen LogP contribution is 2.27. The van der Waals surface area contributed by atoms with Crippen molar-refractivity contribution in [3.05, 3.63) is 82.9 Å². The molecule has 184 valence electrons. The van der Waals surface area contributed by atoms with E-state index in [-0.39, 0.29) is 27.8 Å². The molecule has 0 aliphatic carbocycles. The summed E-state index contributed by atoms with van der Waals surface area (Å²) < 4.78 is 33.0. The van der Waals surface area contributed by atoms with Crippen molar-refractivity contribution in [3.63, 3.8) is 0 Å². The van der Waals surface area contributed by atoms with Gasteiger partial charge in [-0.15, -0.1) is 11.8 Å². The molecule has 0 aromatic heterocycles. The van der Waals surface area contributed by atoms with Crippen molar-refractivity contribution >= 4 is 56.6 Å². The molecule has 1 N–H and O–H groups in total. The molecule has 0 bridgehead atoms. The monoisotopic (exact) mass is 532 g/mol. The number of hydrogen-bond donors (Lipinski definition) is 1. The third kappa shape index (κ3) is 6.56. The van der Waals surface area contributed by atoms with E-state index in [4.69, 9.17) is 16.3 Å². The molecule has 0 spiro atoms. The molecule has 1 amide bonds. The molecule has 0 saturated heterocycles. The fourth-order valence-electron chi connectivity index (χ4n) is 3.18. The van der Waals surface area contributed by atoms with Crippen molar-refractivity contribution in [1.82, 2.24) is 0 Å². The first kappa shape index (κ1) is 26.6. The van der Waals surface area contributed by atoms with E-state index in [1.54, 1.807) is 43.3 Å². The van der Waals surface area contributed by atoms with E-state index in [0.29, 0.717) is 5.69 Å². The number of ether oxygens (including phenoxy) is 1. The van der Waals surface area contributed by atoms with Crippen LogP contribution in [0.5, 0.6) is 0 Å². The average Bonchev–Trinajstić information content (AvgIpc) is 2.84. The molecule has 3 aromatic rings. The molecular weight excluding hydrogens is 508 g/mol. The number of amides is 1. The van der Waals surface area contributed by atoms with Crippen LogP contribution in [-0.2, 0) is 19.6 Å². The van der Waals surface area contributed by atoms with Crippen LogP contribution in [0.3, 0.4) is 0 Å². The number of hydrogen-bond acceptors (Lipinski definition) is 6. The Bertz CT molecular complexity index is 1310. The first-order chi connectivity index (χ1) is 16.6. The molecule has 0 fully saturated rings. The molecule has 7 nitrogen and oxygen atoms in total. The summed E-state index contributed by atoms with van der Waals surface area (Å²) in [5.41, 5.74) is 1.79. The van der Waals surface area contributed by atoms with E-state index >= 15 is 0 Å². The van der Waals surface area contributed by atoms with Gasteiger partial charge in [-0.1, -0.05) is 29.3 Å². The summed E-state index contributed by atoms with van der Waals surface area (Å²) in [4.78, 5) is 25.8. The van der Waals surface area contributed by atoms with E-state index < -0.39 is 28.4 Å². The Morgan fingerprint density at radius 3 is 2.26 bits per heavy atom. The van der Waals surface area contributed by atoms with Gasteiger partial charge in [0.2, 0.25) is 5.91 Å². The first-order valence-corrected chi connectivity index (χ1v) is 13.7. The fourth-order valence-corrected chi connectivity index (χ4v) is 5.24. The van der Waals surface area contributed by atoms with Gasteiger partial charge < -0.3 is 10.1 Å². The smallest absolute Gasteiger partial charge is 0.338 e. The van der Waals surface area contributed by atoms with E-state index in [9.17, 15) is 18.0 Å². The third-order valence-corrected chi connectivity index (χ3v) is 7.86. The molecule has 3 aromatic carbocycles. The highest BCUT2D eigenvalue weighted by molar-refractivity contribution is 7.98. The number of esters is 1. The molecule has 0 atom stereocenters. The van der Waals surface area contributed by atoms with Crippen LogP contribution < -0.4 is 9.62 Å². The summed E-state index contributed by atoms with van der Waals surface area (Å²) in [6, 6.07) is 17.7. The molecule has 0 heterocycles. The number of sulfonamides is 1. The molecule has 10 heteroatoms. The van der Waals surface area contributed by atoms with Gasteiger partial charge in [0.05, 0.1) is 33.5 Å². The predicted octanol–water partition coefficient (Wildman–Crippen LogP) is 5.38. The normalized spacial score (nSPS) is 11.1. The first-order valence-electron chi connectivity index (χ1n) is 10.7. The second-order valence-corrected chi connectivity index (χ2v) is 10.6. The van der Waals surface area contributed by atoms with Gasteiger partial charge in [-0.2, -0.15) is 0 Å². The number of thioether (sulfide) groups is 1. The van der Waals surface area contributed by atoms with Crippen molar-refractivity contribution in [2.75, 3.05) is 29.0 Å². The Kier molecular flexibility index (Phi) is 8.82. The maximum absolute atomic E-state index is 13.5. The summed E-state index contributed by atoms with van der Waals surface area (Å²) in [6.07, 6.45) is 1.90. The van der Waals surface area contributed by atoms with Crippen molar-refractivity contribution in [2.45, 2.75) is 23.6 Å². The number of rotatable bonds is 9. The van der Waals surface area contributed by atoms with Crippen LogP contribution in [-0.4, -0.2) is 39.7 Å². The maximum Gasteiger partial charge on any atom is 0.338 e. The van der Waals surface area contributed by atoms with Gasteiger partial charge in [-0.25, -0.2) is 13.2 Å². The molecule has 0 aliphatic rings. The lowest BCUT2D eigenvalue weighted by atomic mass is 10.2. The molecule has 35 heavy (non-hydrogen) atoms. The van der Waals surface area contributed by atoms with Gasteiger partial charge >= 0.3 is 5.97 Å². The summed E-state index contributed by atoms with van der Waals surface area (Å²) in [7, 11) is -4.04. The van der Waals surface area contributed by atoms with Crippen LogP contribution in [0.4, 0.5) is 11.4 Å². The average molecular weight is 533 g/mol. The second kappa shape index (κ2) is 11.6. The summed E-state index contributed by atoms with van der Waals surface area (Å²) in [6.45, 7) is 3.32. The molecule has 0 aliphatic heterocycles. The number of nitrogens with one attached hydrogen (secondary N) is 1.